The average molecular weight is 309 g/mol. The van der Waals surface area contributed by atoms with E-state index in [1.165, 1.54) is 5.01 Å². The predicted octanol–water partition coefficient (Wildman–Crippen LogP) is 2.74. The highest BCUT2D eigenvalue weighted by Crippen LogP contribution is 2.26. The molecule has 118 valence electrons. The molecule has 0 N–H and O–H groups in total. The topological polar surface area (TPSA) is 36.4 Å². The summed E-state index contributed by atoms with van der Waals surface area (Å²) in [7, 11) is 0. The molecule has 2 rings (SSSR count). The number of hydrogen-bond donors (Lipinski definition) is 0. The molecule has 0 saturated carbocycles. The number of rotatable bonds is 3. The van der Waals surface area contributed by atoms with Gasteiger partial charge in [0.05, 0.1) is 10.7 Å². The Bertz CT molecular complexity index is 482. The molecule has 1 aliphatic heterocycles. The number of carbonyl (C=O) groups is 1. The van der Waals surface area contributed by atoms with Gasteiger partial charge in [-0.25, -0.2) is 4.98 Å². The van der Waals surface area contributed by atoms with Crippen molar-refractivity contribution in [3.05, 3.63) is 16.1 Å². The average Bonchev–Trinajstić information content (AvgIpc) is 2.87. The fourth-order valence-corrected chi connectivity index (χ4v) is 3.34. The van der Waals surface area contributed by atoms with Crippen molar-refractivity contribution in [3.63, 3.8) is 0 Å². The van der Waals surface area contributed by atoms with Crippen LogP contribution in [0.3, 0.4) is 0 Å². The molecule has 1 amide bonds. The molecule has 4 nitrogen and oxygen atoms in total. The maximum absolute atomic E-state index is 12.0. The van der Waals surface area contributed by atoms with Gasteiger partial charge < -0.3 is 4.90 Å². The van der Waals surface area contributed by atoms with Gasteiger partial charge in [-0.15, -0.1) is 11.3 Å². The molecular formula is C16H27N3OS. The monoisotopic (exact) mass is 309 g/mol. The summed E-state index contributed by atoms with van der Waals surface area (Å²) in [5, 5.41) is 3.37. The molecule has 1 aromatic heterocycles. The summed E-state index contributed by atoms with van der Waals surface area (Å²) in [6.45, 7) is 15.0. The van der Waals surface area contributed by atoms with Crippen molar-refractivity contribution in [1.82, 2.24) is 14.8 Å². The molecule has 0 bridgehead atoms. The molecule has 1 aromatic rings. The zero-order valence-corrected chi connectivity index (χ0v) is 14.7. The summed E-state index contributed by atoms with van der Waals surface area (Å²) in [5.74, 6) is 0.378. The van der Waals surface area contributed by atoms with Crippen molar-refractivity contribution in [2.45, 2.75) is 46.6 Å². The lowest BCUT2D eigenvalue weighted by Gasteiger charge is -2.35. The van der Waals surface area contributed by atoms with E-state index in [9.17, 15) is 4.79 Å². The molecule has 0 spiro atoms. The third-order valence-corrected chi connectivity index (χ3v) is 5.07. The van der Waals surface area contributed by atoms with Gasteiger partial charge in [-0.2, -0.15) is 0 Å². The molecule has 1 fully saturated rings. The number of thiazole rings is 1. The zero-order chi connectivity index (χ0) is 15.6. The van der Waals surface area contributed by atoms with E-state index < -0.39 is 0 Å². The SMILES string of the molecule is CC(C)C(=O)N1CCN(Cc2csc(C(C)(C)C)n2)CC1. The minimum atomic E-state index is 0.101. The lowest BCUT2D eigenvalue weighted by Crippen LogP contribution is -2.49. The minimum absolute atomic E-state index is 0.101. The second-order valence-electron chi connectivity index (χ2n) is 7.15. The summed E-state index contributed by atoms with van der Waals surface area (Å²) in [6, 6.07) is 0. The van der Waals surface area contributed by atoms with Crippen LogP contribution in [0.2, 0.25) is 0 Å². The van der Waals surface area contributed by atoms with Crippen LogP contribution in [0.4, 0.5) is 0 Å². The molecule has 1 aliphatic rings. The lowest BCUT2D eigenvalue weighted by molar-refractivity contribution is -0.136. The highest BCUT2D eigenvalue weighted by Gasteiger charge is 2.24. The van der Waals surface area contributed by atoms with Crippen LogP contribution in [0.15, 0.2) is 5.38 Å². The Balaban J connectivity index is 1.86. The largest absolute Gasteiger partial charge is 0.340 e. The molecule has 2 heterocycles. The van der Waals surface area contributed by atoms with Crippen LogP contribution in [0, 0.1) is 5.92 Å². The number of aromatic nitrogens is 1. The summed E-state index contributed by atoms with van der Waals surface area (Å²) >= 11 is 1.75. The van der Waals surface area contributed by atoms with Crippen molar-refractivity contribution >= 4 is 17.2 Å². The van der Waals surface area contributed by atoms with Gasteiger partial charge in [0.2, 0.25) is 5.91 Å². The Morgan fingerprint density at radius 2 is 1.90 bits per heavy atom. The minimum Gasteiger partial charge on any atom is -0.340 e. The highest BCUT2D eigenvalue weighted by molar-refractivity contribution is 7.09. The van der Waals surface area contributed by atoms with Crippen molar-refractivity contribution in [2.75, 3.05) is 26.2 Å². The summed E-state index contributed by atoms with van der Waals surface area (Å²) in [6.07, 6.45) is 0. The third kappa shape index (κ3) is 4.27. The fraction of sp³-hybridized carbons (Fsp3) is 0.750. The molecule has 0 atom stereocenters. The van der Waals surface area contributed by atoms with E-state index in [1.807, 2.05) is 18.7 Å². The van der Waals surface area contributed by atoms with Crippen LogP contribution >= 0.6 is 11.3 Å². The maximum atomic E-state index is 12.0. The fourth-order valence-electron chi connectivity index (χ4n) is 2.44. The van der Waals surface area contributed by atoms with E-state index in [2.05, 4.69) is 31.1 Å². The lowest BCUT2D eigenvalue weighted by atomic mass is 9.98. The van der Waals surface area contributed by atoms with Gasteiger partial charge in [0.15, 0.2) is 0 Å². The van der Waals surface area contributed by atoms with E-state index in [0.29, 0.717) is 0 Å². The molecule has 0 radical (unpaired) electrons. The molecule has 0 unspecified atom stereocenters. The van der Waals surface area contributed by atoms with Gasteiger partial charge >= 0.3 is 0 Å². The summed E-state index contributed by atoms with van der Waals surface area (Å²) < 4.78 is 0. The van der Waals surface area contributed by atoms with Crippen molar-refractivity contribution in [2.24, 2.45) is 5.92 Å². The molecule has 21 heavy (non-hydrogen) atoms. The Hall–Kier alpha value is -0.940. The van der Waals surface area contributed by atoms with Gasteiger partial charge in [0.25, 0.3) is 0 Å². The quantitative estimate of drug-likeness (QED) is 0.861. The highest BCUT2D eigenvalue weighted by atomic mass is 32.1. The summed E-state index contributed by atoms with van der Waals surface area (Å²) in [4.78, 5) is 21.1. The number of carbonyl (C=O) groups excluding carboxylic acids is 1. The smallest absolute Gasteiger partial charge is 0.225 e. The van der Waals surface area contributed by atoms with Gasteiger partial charge in [-0.1, -0.05) is 34.6 Å². The molecule has 0 aromatic carbocycles. The molecule has 0 aliphatic carbocycles. The Morgan fingerprint density at radius 1 is 1.29 bits per heavy atom. The van der Waals surface area contributed by atoms with Gasteiger partial charge in [0.1, 0.15) is 0 Å². The predicted molar refractivity (Wildman–Crippen MR) is 87.5 cm³/mol. The van der Waals surface area contributed by atoms with Crippen LogP contribution in [0.5, 0.6) is 0 Å². The molecular weight excluding hydrogens is 282 g/mol. The van der Waals surface area contributed by atoms with E-state index in [1.54, 1.807) is 11.3 Å². The van der Waals surface area contributed by atoms with E-state index in [4.69, 9.17) is 4.98 Å². The third-order valence-electron chi connectivity index (χ3n) is 3.76. The van der Waals surface area contributed by atoms with Crippen LogP contribution in [-0.2, 0) is 16.8 Å². The van der Waals surface area contributed by atoms with Crippen molar-refractivity contribution < 1.29 is 4.79 Å². The first kappa shape index (κ1) is 16.4. The van der Waals surface area contributed by atoms with Gasteiger partial charge in [-0.3, -0.25) is 9.69 Å². The number of amides is 1. The number of piperazine rings is 1. The van der Waals surface area contributed by atoms with Crippen LogP contribution in [0.25, 0.3) is 0 Å². The number of nitrogens with zero attached hydrogens (tertiary/aromatic N) is 3. The van der Waals surface area contributed by atoms with E-state index >= 15 is 0 Å². The van der Waals surface area contributed by atoms with Crippen LogP contribution < -0.4 is 0 Å². The van der Waals surface area contributed by atoms with Crippen LogP contribution in [-0.4, -0.2) is 46.9 Å². The second-order valence-corrected chi connectivity index (χ2v) is 8.01. The maximum Gasteiger partial charge on any atom is 0.225 e. The van der Waals surface area contributed by atoms with Gasteiger partial charge in [0, 0.05) is 49.4 Å². The zero-order valence-electron chi connectivity index (χ0n) is 13.8. The number of hydrogen-bond acceptors (Lipinski definition) is 4. The van der Waals surface area contributed by atoms with E-state index in [0.717, 1.165) is 38.4 Å². The van der Waals surface area contributed by atoms with Crippen molar-refractivity contribution in [1.29, 1.82) is 0 Å². The Labute approximate surface area is 132 Å². The first-order valence-corrected chi connectivity index (χ1v) is 8.61. The Morgan fingerprint density at radius 3 is 2.38 bits per heavy atom. The Kier molecular flexibility index (Phi) is 5.04. The molecule has 5 heteroatoms. The van der Waals surface area contributed by atoms with Crippen LogP contribution in [0.1, 0.15) is 45.3 Å². The van der Waals surface area contributed by atoms with Crippen molar-refractivity contribution in [3.8, 4) is 0 Å². The summed E-state index contributed by atoms with van der Waals surface area (Å²) in [5.41, 5.74) is 1.29. The second kappa shape index (κ2) is 6.44. The first-order valence-electron chi connectivity index (χ1n) is 7.73. The van der Waals surface area contributed by atoms with E-state index in [-0.39, 0.29) is 17.2 Å². The first-order chi connectivity index (χ1) is 9.77. The molecule has 1 saturated heterocycles. The standard InChI is InChI=1S/C16H27N3OS/c1-12(2)14(20)19-8-6-18(7-9-19)10-13-11-21-15(17-13)16(3,4)5/h11-12H,6-10H2,1-5H3. The van der Waals surface area contributed by atoms with Gasteiger partial charge in [-0.05, 0) is 0 Å². The normalized spacial score (nSPS) is 17.5.